The van der Waals surface area contributed by atoms with Crippen molar-refractivity contribution in [3.8, 4) is 11.8 Å². The van der Waals surface area contributed by atoms with Crippen molar-refractivity contribution in [2.75, 3.05) is 26.0 Å². The van der Waals surface area contributed by atoms with Gasteiger partial charge in [0.1, 0.15) is 12.4 Å². The number of rotatable bonds is 1. The minimum atomic E-state index is -0.449. The Morgan fingerprint density at radius 1 is 1.53 bits per heavy atom. The van der Waals surface area contributed by atoms with Gasteiger partial charge in [-0.15, -0.1) is 0 Å². The molecule has 0 spiro atoms. The summed E-state index contributed by atoms with van der Waals surface area (Å²) in [5, 5.41) is 11.2. The second-order valence-electron chi connectivity index (χ2n) is 3.47. The van der Waals surface area contributed by atoms with E-state index in [2.05, 4.69) is 17.2 Å². The molecule has 0 saturated heterocycles. The SMILES string of the molecule is CN(C)C(=O)Nc1ccc(F)cc1C#CCO. The minimum Gasteiger partial charge on any atom is -0.384 e. The molecular weight excluding hydrogens is 223 g/mol. The monoisotopic (exact) mass is 236 g/mol. The van der Waals surface area contributed by atoms with Crippen molar-refractivity contribution in [1.82, 2.24) is 4.90 Å². The zero-order valence-electron chi connectivity index (χ0n) is 9.62. The number of hydrogen-bond donors (Lipinski definition) is 2. The smallest absolute Gasteiger partial charge is 0.321 e. The largest absolute Gasteiger partial charge is 0.384 e. The first kappa shape index (κ1) is 13.0. The maximum absolute atomic E-state index is 13.0. The molecule has 0 saturated carbocycles. The summed E-state index contributed by atoms with van der Waals surface area (Å²) in [6.07, 6.45) is 0. The molecule has 0 aliphatic carbocycles. The van der Waals surface area contributed by atoms with Gasteiger partial charge in [0.25, 0.3) is 0 Å². The number of benzene rings is 1. The molecule has 2 amide bonds. The predicted octanol–water partition coefficient (Wildman–Crippen LogP) is 1.26. The van der Waals surface area contributed by atoms with Gasteiger partial charge in [-0.25, -0.2) is 9.18 Å². The first-order valence-corrected chi connectivity index (χ1v) is 4.92. The molecule has 4 nitrogen and oxygen atoms in total. The Kier molecular flexibility index (Phi) is 4.49. The van der Waals surface area contributed by atoms with Crippen LogP contribution in [-0.4, -0.2) is 36.7 Å². The van der Waals surface area contributed by atoms with E-state index < -0.39 is 5.82 Å². The molecule has 0 bridgehead atoms. The van der Waals surface area contributed by atoms with Gasteiger partial charge >= 0.3 is 6.03 Å². The van der Waals surface area contributed by atoms with E-state index in [0.29, 0.717) is 11.3 Å². The summed E-state index contributed by atoms with van der Waals surface area (Å²) in [4.78, 5) is 12.8. The topological polar surface area (TPSA) is 52.6 Å². The highest BCUT2D eigenvalue weighted by Crippen LogP contribution is 2.16. The average molecular weight is 236 g/mol. The van der Waals surface area contributed by atoms with Gasteiger partial charge in [-0.2, -0.15) is 0 Å². The standard InChI is InChI=1S/C12H13FN2O2/c1-15(2)12(17)14-11-6-5-10(13)8-9(11)4-3-7-16/h5-6,8,16H,7H2,1-2H3,(H,14,17). The third-order valence-electron chi connectivity index (χ3n) is 1.93. The number of carbonyl (C=O) groups excluding carboxylic acids is 1. The summed E-state index contributed by atoms with van der Waals surface area (Å²) in [5.74, 6) is 4.53. The molecule has 0 aliphatic rings. The molecule has 1 rings (SSSR count). The van der Waals surface area contributed by atoms with Crippen LogP contribution in [0.1, 0.15) is 5.56 Å². The first-order valence-electron chi connectivity index (χ1n) is 4.92. The highest BCUT2D eigenvalue weighted by Gasteiger charge is 2.07. The lowest BCUT2D eigenvalue weighted by molar-refractivity contribution is 0.230. The Bertz CT molecular complexity index is 475. The quantitative estimate of drug-likeness (QED) is 0.721. The fraction of sp³-hybridized carbons (Fsp3) is 0.250. The summed E-state index contributed by atoms with van der Waals surface area (Å²) >= 11 is 0. The van der Waals surface area contributed by atoms with Crippen LogP contribution in [0, 0.1) is 17.7 Å². The number of carbonyl (C=O) groups is 1. The molecule has 1 aromatic rings. The highest BCUT2D eigenvalue weighted by atomic mass is 19.1. The van der Waals surface area contributed by atoms with Gasteiger partial charge in [0, 0.05) is 14.1 Å². The number of nitrogens with one attached hydrogen (secondary N) is 1. The Labute approximate surface area is 99.1 Å². The zero-order chi connectivity index (χ0) is 12.8. The fourth-order valence-electron chi connectivity index (χ4n) is 1.09. The molecule has 2 N–H and O–H groups in total. The third-order valence-corrected chi connectivity index (χ3v) is 1.93. The van der Waals surface area contributed by atoms with E-state index in [1.807, 2.05) is 0 Å². The van der Waals surface area contributed by atoms with Crippen molar-refractivity contribution in [1.29, 1.82) is 0 Å². The van der Waals surface area contributed by atoms with Gasteiger partial charge in [0.05, 0.1) is 11.3 Å². The van der Waals surface area contributed by atoms with Gasteiger partial charge in [-0.05, 0) is 18.2 Å². The van der Waals surface area contributed by atoms with Crippen LogP contribution in [0.5, 0.6) is 0 Å². The Balaban J connectivity index is 3.02. The minimum absolute atomic E-state index is 0.322. The third kappa shape index (κ3) is 3.78. The van der Waals surface area contributed by atoms with Crippen LogP contribution in [0.4, 0.5) is 14.9 Å². The van der Waals surface area contributed by atoms with Gasteiger partial charge < -0.3 is 15.3 Å². The van der Waals surface area contributed by atoms with Crippen LogP contribution < -0.4 is 5.32 Å². The van der Waals surface area contributed by atoms with Crippen LogP contribution in [-0.2, 0) is 0 Å². The molecule has 17 heavy (non-hydrogen) atoms. The predicted molar refractivity (Wildman–Crippen MR) is 63.1 cm³/mol. The molecule has 90 valence electrons. The van der Waals surface area contributed by atoms with Gasteiger partial charge in [-0.1, -0.05) is 11.8 Å². The molecule has 0 radical (unpaired) electrons. The van der Waals surface area contributed by atoms with Gasteiger partial charge in [0.15, 0.2) is 0 Å². The average Bonchev–Trinajstić information content (AvgIpc) is 2.29. The number of amides is 2. The molecule has 0 aliphatic heterocycles. The number of hydrogen-bond acceptors (Lipinski definition) is 2. The number of aliphatic hydroxyl groups is 1. The zero-order valence-corrected chi connectivity index (χ0v) is 9.62. The van der Waals surface area contributed by atoms with Crippen molar-refractivity contribution in [2.24, 2.45) is 0 Å². The molecule has 5 heteroatoms. The molecule has 0 heterocycles. The Morgan fingerprint density at radius 2 is 2.24 bits per heavy atom. The summed E-state index contributed by atoms with van der Waals surface area (Å²) in [6, 6.07) is 3.53. The summed E-state index contributed by atoms with van der Waals surface area (Å²) in [5.41, 5.74) is 0.736. The van der Waals surface area contributed by atoms with E-state index in [1.165, 1.54) is 23.1 Å². The van der Waals surface area contributed by atoms with E-state index in [4.69, 9.17) is 5.11 Å². The Morgan fingerprint density at radius 3 is 2.82 bits per heavy atom. The second kappa shape index (κ2) is 5.87. The molecule has 0 unspecified atom stereocenters. The maximum Gasteiger partial charge on any atom is 0.321 e. The summed E-state index contributed by atoms with van der Waals surface area (Å²) in [6.45, 7) is -0.322. The molecule has 0 fully saturated rings. The van der Waals surface area contributed by atoms with Crippen molar-refractivity contribution in [2.45, 2.75) is 0 Å². The van der Waals surface area contributed by atoms with Crippen molar-refractivity contribution >= 4 is 11.7 Å². The lowest BCUT2D eigenvalue weighted by Crippen LogP contribution is -2.27. The van der Waals surface area contributed by atoms with Crippen LogP contribution in [0.15, 0.2) is 18.2 Å². The number of aliphatic hydroxyl groups excluding tert-OH is 1. The first-order chi connectivity index (χ1) is 8.04. The van der Waals surface area contributed by atoms with E-state index >= 15 is 0 Å². The van der Waals surface area contributed by atoms with E-state index in [-0.39, 0.29) is 12.6 Å². The number of halogens is 1. The molecule has 0 aromatic heterocycles. The van der Waals surface area contributed by atoms with Crippen LogP contribution in [0.25, 0.3) is 0 Å². The van der Waals surface area contributed by atoms with Crippen molar-refractivity contribution < 1.29 is 14.3 Å². The number of nitrogens with zero attached hydrogens (tertiary/aromatic N) is 1. The van der Waals surface area contributed by atoms with Crippen molar-refractivity contribution in [3.05, 3.63) is 29.6 Å². The van der Waals surface area contributed by atoms with Gasteiger partial charge in [0.2, 0.25) is 0 Å². The molecule has 1 aromatic carbocycles. The lowest BCUT2D eigenvalue weighted by Gasteiger charge is -2.13. The van der Waals surface area contributed by atoms with Gasteiger partial charge in [-0.3, -0.25) is 0 Å². The second-order valence-corrected chi connectivity index (χ2v) is 3.47. The summed E-state index contributed by atoms with van der Waals surface area (Å²) < 4.78 is 13.0. The normalized spacial score (nSPS) is 9.18. The van der Waals surface area contributed by atoms with E-state index in [9.17, 15) is 9.18 Å². The van der Waals surface area contributed by atoms with Crippen LogP contribution in [0.2, 0.25) is 0 Å². The highest BCUT2D eigenvalue weighted by molar-refractivity contribution is 5.90. The lowest BCUT2D eigenvalue weighted by atomic mass is 10.1. The maximum atomic E-state index is 13.0. The number of anilines is 1. The van der Waals surface area contributed by atoms with E-state index in [1.54, 1.807) is 14.1 Å². The van der Waals surface area contributed by atoms with Crippen molar-refractivity contribution in [3.63, 3.8) is 0 Å². The van der Waals surface area contributed by atoms with Crippen LogP contribution in [0.3, 0.4) is 0 Å². The number of urea groups is 1. The molecule has 0 atom stereocenters. The summed E-state index contributed by atoms with van der Waals surface area (Å²) in [7, 11) is 3.19. The van der Waals surface area contributed by atoms with Crippen LogP contribution >= 0.6 is 0 Å². The fourth-order valence-corrected chi connectivity index (χ4v) is 1.09. The van der Waals surface area contributed by atoms with E-state index in [0.717, 1.165) is 0 Å². The Hall–Kier alpha value is -2.06. The molecular formula is C12H13FN2O2.